The molecule has 0 unspecified atom stereocenters. The molecule has 0 saturated carbocycles. The molecule has 0 radical (unpaired) electrons. The first-order valence-electron chi connectivity index (χ1n) is 7.37. The summed E-state index contributed by atoms with van der Waals surface area (Å²) in [5, 5.41) is 0. The predicted octanol–water partition coefficient (Wildman–Crippen LogP) is 1.43. The molecule has 2 saturated heterocycles. The largest absolute Gasteiger partial charge is 0.373 e. The molecule has 1 aromatic carbocycles. The zero-order chi connectivity index (χ0) is 15.0. The monoisotopic (exact) mass is 288 g/mol. The van der Waals surface area contributed by atoms with Crippen molar-refractivity contribution in [3.8, 4) is 0 Å². The number of nitrogens with zero attached hydrogens (tertiary/aromatic N) is 2. The Bertz CT molecular complexity index is 536. The number of ether oxygens (including phenoxy) is 1. The molecule has 5 heteroatoms. The Hall–Kier alpha value is -1.72. The van der Waals surface area contributed by atoms with E-state index in [0.717, 1.165) is 0 Å². The van der Waals surface area contributed by atoms with Crippen molar-refractivity contribution in [3.05, 3.63) is 30.3 Å². The molecule has 0 aromatic heterocycles. The van der Waals surface area contributed by atoms with E-state index in [1.54, 1.807) is 12.1 Å². The average molecular weight is 288 g/mol. The summed E-state index contributed by atoms with van der Waals surface area (Å²) in [6.45, 7) is 5.38. The highest BCUT2D eigenvalue weighted by atomic mass is 16.5. The number of anilines is 1. The molecule has 2 fully saturated rings. The maximum Gasteiger partial charge on any atom is 0.251 e. The Morgan fingerprint density at radius 1 is 1.05 bits per heavy atom. The highest BCUT2D eigenvalue weighted by Crippen LogP contribution is 2.27. The molecular weight excluding hydrogens is 268 g/mol. The Balaban J connectivity index is 1.80. The topological polar surface area (TPSA) is 49.9 Å². The van der Waals surface area contributed by atoms with Gasteiger partial charge in [-0.2, -0.15) is 0 Å². The van der Waals surface area contributed by atoms with Crippen LogP contribution in [-0.4, -0.2) is 48.1 Å². The first-order valence-corrected chi connectivity index (χ1v) is 7.37. The van der Waals surface area contributed by atoms with Gasteiger partial charge in [-0.25, -0.2) is 4.90 Å². The SMILES string of the molecule is C[C@@H]1CN([C@H]2CC(=O)N(c3ccccc3)C2=O)C[C@H](C)O1. The Labute approximate surface area is 124 Å². The molecule has 0 aliphatic carbocycles. The number of hydrogen-bond donors (Lipinski definition) is 0. The average Bonchev–Trinajstić information content (AvgIpc) is 2.74. The molecule has 0 N–H and O–H groups in total. The first kappa shape index (κ1) is 14.2. The van der Waals surface area contributed by atoms with Crippen molar-refractivity contribution in [2.24, 2.45) is 0 Å². The fourth-order valence-corrected chi connectivity index (χ4v) is 3.22. The van der Waals surface area contributed by atoms with E-state index in [-0.39, 0.29) is 36.5 Å². The Kier molecular flexibility index (Phi) is 3.78. The molecule has 1 aromatic rings. The number of para-hydroxylation sites is 1. The minimum atomic E-state index is -0.355. The van der Waals surface area contributed by atoms with E-state index >= 15 is 0 Å². The van der Waals surface area contributed by atoms with E-state index in [4.69, 9.17) is 4.74 Å². The number of hydrogen-bond acceptors (Lipinski definition) is 4. The Morgan fingerprint density at radius 2 is 1.67 bits per heavy atom. The molecule has 2 aliphatic heterocycles. The third-order valence-electron chi connectivity index (χ3n) is 4.03. The number of amides is 2. The second kappa shape index (κ2) is 5.58. The van der Waals surface area contributed by atoms with E-state index in [1.165, 1.54) is 4.90 Å². The molecule has 0 bridgehead atoms. The van der Waals surface area contributed by atoms with Gasteiger partial charge < -0.3 is 4.74 Å². The fraction of sp³-hybridized carbons (Fsp3) is 0.500. The molecule has 2 aliphatic rings. The van der Waals surface area contributed by atoms with Crippen molar-refractivity contribution in [2.75, 3.05) is 18.0 Å². The number of carbonyl (C=O) groups is 2. The van der Waals surface area contributed by atoms with Gasteiger partial charge in [-0.15, -0.1) is 0 Å². The zero-order valence-electron chi connectivity index (χ0n) is 12.4. The molecule has 21 heavy (non-hydrogen) atoms. The second-order valence-electron chi connectivity index (χ2n) is 5.83. The second-order valence-corrected chi connectivity index (χ2v) is 5.83. The minimum absolute atomic E-state index is 0.0856. The van der Waals surface area contributed by atoms with Crippen molar-refractivity contribution < 1.29 is 14.3 Å². The number of morpholine rings is 1. The highest BCUT2D eigenvalue weighted by Gasteiger charge is 2.44. The maximum atomic E-state index is 12.7. The fourth-order valence-electron chi connectivity index (χ4n) is 3.22. The molecule has 2 heterocycles. The van der Waals surface area contributed by atoms with Crippen LogP contribution in [0.5, 0.6) is 0 Å². The summed E-state index contributed by atoms with van der Waals surface area (Å²) in [6, 6.07) is 8.78. The zero-order valence-corrected chi connectivity index (χ0v) is 12.4. The minimum Gasteiger partial charge on any atom is -0.373 e. The van der Waals surface area contributed by atoms with E-state index in [9.17, 15) is 9.59 Å². The molecule has 3 atom stereocenters. The van der Waals surface area contributed by atoms with Gasteiger partial charge in [0.15, 0.2) is 0 Å². The number of imide groups is 1. The summed E-state index contributed by atoms with van der Waals surface area (Å²) in [6.07, 6.45) is 0.428. The summed E-state index contributed by atoms with van der Waals surface area (Å²) < 4.78 is 5.70. The quantitative estimate of drug-likeness (QED) is 0.773. The van der Waals surface area contributed by atoms with E-state index in [0.29, 0.717) is 18.8 Å². The van der Waals surface area contributed by atoms with Crippen LogP contribution in [0.15, 0.2) is 30.3 Å². The lowest BCUT2D eigenvalue weighted by Gasteiger charge is -2.37. The van der Waals surface area contributed by atoms with Crippen molar-refractivity contribution >= 4 is 17.5 Å². The van der Waals surface area contributed by atoms with Gasteiger partial charge in [-0.3, -0.25) is 14.5 Å². The van der Waals surface area contributed by atoms with Crippen LogP contribution in [0, 0.1) is 0 Å². The third kappa shape index (κ3) is 2.71. The molecule has 5 nitrogen and oxygen atoms in total. The van der Waals surface area contributed by atoms with Crippen LogP contribution in [0.1, 0.15) is 20.3 Å². The summed E-state index contributed by atoms with van der Waals surface area (Å²) in [4.78, 5) is 28.3. The number of rotatable bonds is 2. The summed E-state index contributed by atoms with van der Waals surface area (Å²) in [5.41, 5.74) is 0.657. The first-order chi connectivity index (χ1) is 10.1. The van der Waals surface area contributed by atoms with E-state index < -0.39 is 0 Å². The summed E-state index contributed by atoms with van der Waals surface area (Å²) >= 11 is 0. The molecule has 112 valence electrons. The molecule has 2 amide bonds. The van der Waals surface area contributed by atoms with Gasteiger partial charge in [-0.1, -0.05) is 18.2 Å². The van der Waals surface area contributed by atoms with Crippen LogP contribution >= 0.6 is 0 Å². The van der Waals surface area contributed by atoms with Gasteiger partial charge in [0, 0.05) is 13.1 Å². The van der Waals surface area contributed by atoms with Crippen LogP contribution in [-0.2, 0) is 14.3 Å². The van der Waals surface area contributed by atoms with Crippen molar-refractivity contribution in [1.82, 2.24) is 4.90 Å². The van der Waals surface area contributed by atoms with Gasteiger partial charge in [0.05, 0.1) is 30.4 Å². The number of carbonyl (C=O) groups excluding carboxylic acids is 2. The van der Waals surface area contributed by atoms with Crippen molar-refractivity contribution in [1.29, 1.82) is 0 Å². The number of benzene rings is 1. The van der Waals surface area contributed by atoms with Gasteiger partial charge in [0.25, 0.3) is 5.91 Å². The van der Waals surface area contributed by atoms with Gasteiger partial charge in [0.1, 0.15) is 0 Å². The van der Waals surface area contributed by atoms with Crippen molar-refractivity contribution in [2.45, 2.75) is 38.5 Å². The Morgan fingerprint density at radius 3 is 2.29 bits per heavy atom. The van der Waals surface area contributed by atoms with Crippen LogP contribution in [0.4, 0.5) is 5.69 Å². The maximum absolute atomic E-state index is 12.7. The molecule has 0 spiro atoms. The van der Waals surface area contributed by atoms with Gasteiger partial charge in [-0.05, 0) is 26.0 Å². The van der Waals surface area contributed by atoms with E-state index in [1.807, 2.05) is 32.0 Å². The van der Waals surface area contributed by atoms with Crippen molar-refractivity contribution in [3.63, 3.8) is 0 Å². The van der Waals surface area contributed by atoms with Crippen LogP contribution in [0.2, 0.25) is 0 Å². The highest BCUT2D eigenvalue weighted by molar-refractivity contribution is 6.22. The van der Waals surface area contributed by atoms with Gasteiger partial charge in [0.2, 0.25) is 5.91 Å². The van der Waals surface area contributed by atoms with Gasteiger partial charge >= 0.3 is 0 Å². The standard InChI is InChI=1S/C16H20N2O3/c1-11-9-17(10-12(2)21-11)14-8-15(19)18(16(14)20)13-6-4-3-5-7-13/h3-7,11-12,14H,8-10H2,1-2H3/t11-,12+,14-/m0/s1. The smallest absolute Gasteiger partial charge is 0.251 e. The van der Waals surface area contributed by atoms with Crippen LogP contribution in [0.3, 0.4) is 0 Å². The lowest BCUT2D eigenvalue weighted by atomic mass is 10.1. The van der Waals surface area contributed by atoms with Crippen LogP contribution < -0.4 is 4.90 Å². The van der Waals surface area contributed by atoms with Crippen LogP contribution in [0.25, 0.3) is 0 Å². The summed E-state index contributed by atoms with van der Waals surface area (Å²) in [5.74, 6) is -0.240. The molecular formula is C16H20N2O3. The predicted molar refractivity (Wildman–Crippen MR) is 78.9 cm³/mol. The normalized spacial score (nSPS) is 31.0. The molecule has 3 rings (SSSR count). The lowest BCUT2D eigenvalue weighted by molar-refractivity contribution is -0.127. The van der Waals surface area contributed by atoms with E-state index in [2.05, 4.69) is 4.90 Å². The lowest BCUT2D eigenvalue weighted by Crippen LogP contribution is -2.52. The summed E-state index contributed by atoms with van der Waals surface area (Å²) in [7, 11) is 0. The third-order valence-corrected chi connectivity index (χ3v) is 4.03.